The second-order valence-electron chi connectivity index (χ2n) is 8.29. The van der Waals surface area contributed by atoms with Gasteiger partial charge in [0.15, 0.2) is 12.1 Å². The Morgan fingerprint density at radius 3 is 2.50 bits per heavy atom. The molecule has 7 nitrogen and oxygen atoms in total. The minimum Gasteiger partial charge on any atom is -0.394 e. The molecule has 0 aromatic carbocycles. The summed E-state index contributed by atoms with van der Waals surface area (Å²) in [4.78, 5) is 11.8. The van der Waals surface area contributed by atoms with E-state index in [0.717, 1.165) is 12.0 Å². The van der Waals surface area contributed by atoms with Crippen molar-refractivity contribution < 1.29 is 34.7 Å². The molecule has 0 bridgehead atoms. The molecule has 2 rings (SSSR count). The molecule has 1 heterocycles. The summed E-state index contributed by atoms with van der Waals surface area (Å²) in [6.45, 7) is 7.53. The highest BCUT2D eigenvalue weighted by Crippen LogP contribution is 2.42. The summed E-state index contributed by atoms with van der Waals surface area (Å²) in [6.07, 6.45) is -2.82. The third-order valence-corrected chi connectivity index (χ3v) is 5.59. The second-order valence-corrected chi connectivity index (χ2v) is 8.29. The van der Waals surface area contributed by atoms with Gasteiger partial charge in [0.05, 0.1) is 12.7 Å². The van der Waals surface area contributed by atoms with Crippen LogP contribution >= 0.6 is 0 Å². The van der Waals surface area contributed by atoms with Crippen LogP contribution in [0.15, 0.2) is 11.6 Å². The van der Waals surface area contributed by atoms with Gasteiger partial charge in [0, 0.05) is 6.42 Å². The predicted molar refractivity (Wildman–Crippen MR) is 94.2 cm³/mol. The summed E-state index contributed by atoms with van der Waals surface area (Å²) in [6, 6.07) is 0. The van der Waals surface area contributed by atoms with Crippen molar-refractivity contribution in [2.24, 2.45) is 11.3 Å². The number of ether oxygens (including phenoxy) is 2. The van der Waals surface area contributed by atoms with Gasteiger partial charge in [-0.25, -0.2) is 0 Å². The van der Waals surface area contributed by atoms with Gasteiger partial charge in [-0.1, -0.05) is 19.4 Å². The molecular formula is C19H32O7. The van der Waals surface area contributed by atoms with Crippen LogP contribution in [0.4, 0.5) is 0 Å². The van der Waals surface area contributed by atoms with Gasteiger partial charge in [0.2, 0.25) is 0 Å². The first-order valence-corrected chi connectivity index (χ1v) is 9.23. The molecule has 0 aromatic rings. The number of carbonyl (C=O) groups excluding carboxylic acids is 1. The van der Waals surface area contributed by atoms with Gasteiger partial charge in [-0.3, -0.25) is 4.79 Å². The van der Waals surface area contributed by atoms with Gasteiger partial charge in [-0.2, -0.15) is 0 Å². The molecule has 1 saturated heterocycles. The Labute approximate surface area is 154 Å². The summed E-state index contributed by atoms with van der Waals surface area (Å²) in [5, 5.41) is 38.9. The molecule has 26 heavy (non-hydrogen) atoms. The van der Waals surface area contributed by atoms with Crippen LogP contribution in [0.2, 0.25) is 0 Å². The molecule has 0 saturated carbocycles. The van der Waals surface area contributed by atoms with Crippen LogP contribution in [0.1, 0.15) is 47.0 Å². The normalized spacial score (nSPS) is 38.8. The number of carbonyl (C=O) groups is 1. The molecule has 2 aliphatic rings. The van der Waals surface area contributed by atoms with Crippen molar-refractivity contribution in [2.45, 2.75) is 83.8 Å². The molecule has 4 N–H and O–H groups in total. The smallest absolute Gasteiger partial charge is 0.186 e. The Morgan fingerprint density at radius 2 is 1.92 bits per heavy atom. The van der Waals surface area contributed by atoms with Crippen LogP contribution in [-0.2, 0) is 14.3 Å². The van der Waals surface area contributed by atoms with Crippen LogP contribution in [0.25, 0.3) is 0 Å². The van der Waals surface area contributed by atoms with E-state index >= 15 is 0 Å². The molecule has 0 aromatic heterocycles. The van der Waals surface area contributed by atoms with Crippen LogP contribution in [0, 0.1) is 11.3 Å². The van der Waals surface area contributed by atoms with Gasteiger partial charge in [-0.05, 0) is 44.1 Å². The topological polar surface area (TPSA) is 116 Å². The lowest BCUT2D eigenvalue weighted by Crippen LogP contribution is -2.59. The first kappa shape index (κ1) is 21.5. The van der Waals surface area contributed by atoms with E-state index in [1.807, 2.05) is 13.8 Å². The second kappa shape index (κ2) is 8.46. The molecule has 0 spiro atoms. The summed E-state index contributed by atoms with van der Waals surface area (Å²) >= 11 is 0. The van der Waals surface area contributed by atoms with E-state index in [1.165, 1.54) is 0 Å². The highest BCUT2D eigenvalue weighted by Gasteiger charge is 2.44. The minimum absolute atomic E-state index is 0.112. The number of ketones is 1. The molecule has 1 aliphatic heterocycles. The van der Waals surface area contributed by atoms with Crippen LogP contribution < -0.4 is 0 Å². The standard InChI is InChI=1S/C19H32O7/c1-10-7-12(21)8-19(3,4)13(10)6-5-11(2)25-18-17(24)16(23)15(22)14(9-20)26-18/h7,11,13-18,20,22-24H,5-6,8-9H2,1-4H3/t11-,13-,14-,15-,16+,17-,18-/m1/s1. The van der Waals surface area contributed by atoms with E-state index in [9.17, 15) is 25.2 Å². The van der Waals surface area contributed by atoms with E-state index in [-0.39, 0.29) is 23.2 Å². The monoisotopic (exact) mass is 372 g/mol. The largest absolute Gasteiger partial charge is 0.394 e. The molecule has 0 unspecified atom stereocenters. The third-order valence-electron chi connectivity index (χ3n) is 5.59. The van der Waals surface area contributed by atoms with Crippen LogP contribution in [-0.4, -0.2) is 69.6 Å². The van der Waals surface area contributed by atoms with Crippen molar-refractivity contribution in [1.29, 1.82) is 0 Å². The highest BCUT2D eigenvalue weighted by molar-refractivity contribution is 5.91. The molecule has 7 atom stereocenters. The molecular weight excluding hydrogens is 340 g/mol. The summed E-state index contributed by atoms with van der Waals surface area (Å²) in [7, 11) is 0. The summed E-state index contributed by atoms with van der Waals surface area (Å²) < 4.78 is 11.1. The van der Waals surface area contributed by atoms with E-state index in [2.05, 4.69) is 13.8 Å². The SMILES string of the molecule is CC1=CC(=O)CC(C)(C)[C@@H]1CC[C@@H](C)O[C@@H]1O[C@H](CO)[C@@H](O)[C@H](O)[C@H]1O. The fourth-order valence-corrected chi connectivity index (χ4v) is 4.09. The predicted octanol–water partition coefficient (Wildman–Crippen LogP) is 0.533. The average Bonchev–Trinajstić information content (AvgIpc) is 2.53. The fraction of sp³-hybridized carbons (Fsp3) is 0.842. The Bertz CT molecular complexity index is 528. The van der Waals surface area contributed by atoms with Crippen LogP contribution in [0.5, 0.6) is 0 Å². The molecule has 150 valence electrons. The average molecular weight is 372 g/mol. The summed E-state index contributed by atoms with van der Waals surface area (Å²) in [5.74, 6) is 0.426. The van der Waals surface area contributed by atoms with Gasteiger partial charge in [-0.15, -0.1) is 0 Å². The molecule has 1 aliphatic carbocycles. The zero-order valence-corrected chi connectivity index (χ0v) is 16.0. The number of hydrogen-bond donors (Lipinski definition) is 4. The Hall–Kier alpha value is -0.830. The van der Waals surface area contributed by atoms with E-state index in [4.69, 9.17) is 9.47 Å². The van der Waals surface area contributed by atoms with E-state index in [1.54, 1.807) is 6.08 Å². The Balaban J connectivity index is 1.93. The zero-order valence-electron chi connectivity index (χ0n) is 16.0. The summed E-state index contributed by atoms with van der Waals surface area (Å²) in [5.41, 5.74) is 0.963. The number of hydrogen-bond acceptors (Lipinski definition) is 7. The third kappa shape index (κ3) is 4.71. The van der Waals surface area contributed by atoms with Crippen molar-refractivity contribution in [3.8, 4) is 0 Å². The first-order chi connectivity index (χ1) is 12.1. The van der Waals surface area contributed by atoms with E-state index < -0.39 is 37.3 Å². The lowest BCUT2D eigenvalue weighted by molar-refractivity contribution is -0.310. The fourth-order valence-electron chi connectivity index (χ4n) is 4.09. The molecule has 1 fully saturated rings. The van der Waals surface area contributed by atoms with E-state index in [0.29, 0.717) is 12.8 Å². The van der Waals surface area contributed by atoms with Gasteiger partial charge in [0.1, 0.15) is 24.4 Å². The number of allylic oxidation sites excluding steroid dienone is 2. The van der Waals surface area contributed by atoms with Crippen molar-refractivity contribution >= 4 is 5.78 Å². The van der Waals surface area contributed by atoms with Gasteiger partial charge < -0.3 is 29.9 Å². The van der Waals surface area contributed by atoms with Crippen molar-refractivity contribution in [1.82, 2.24) is 0 Å². The lowest BCUT2D eigenvalue weighted by Gasteiger charge is -2.41. The van der Waals surface area contributed by atoms with Crippen LogP contribution in [0.3, 0.4) is 0 Å². The van der Waals surface area contributed by atoms with Gasteiger partial charge in [0.25, 0.3) is 0 Å². The molecule has 7 heteroatoms. The lowest BCUT2D eigenvalue weighted by atomic mass is 9.66. The number of rotatable bonds is 6. The molecule has 0 amide bonds. The minimum atomic E-state index is -1.44. The van der Waals surface area contributed by atoms with Crippen molar-refractivity contribution in [3.05, 3.63) is 11.6 Å². The number of aliphatic hydroxyl groups excluding tert-OH is 4. The zero-order chi connectivity index (χ0) is 19.6. The quantitative estimate of drug-likeness (QED) is 0.537. The maximum atomic E-state index is 11.8. The molecule has 0 radical (unpaired) electrons. The van der Waals surface area contributed by atoms with Gasteiger partial charge >= 0.3 is 0 Å². The maximum absolute atomic E-state index is 11.8. The first-order valence-electron chi connectivity index (χ1n) is 9.23. The highest BCUT2D eigenvalue weighted by atomic mass is 16.7. The van der Waals surface area contributed by atoms with Crippen molar-refractivity contribution in [3.63, 3.8) is 0 Å². The number of aliphatic hydroxyl groups is 4. The van der Waals surface area contributed by atoms with Crippen molar-refractivity contribution in [2.75, 3.05) is 6.61 Å². The Kier molecular flexibility index (Phi) is 6.98. The Morgan fingerprint density at radius 1 is 1.27 bits per heavy atom. The maximum Gasteiger partial charge on any atom is 0.186 e.